The molecule has 0 amide bonds. The van der Waals surface area contributed by atoms with Crippen molar-refractivity contribution in [2.45, 2.75) is 45.2 Å². The van der Waals surface area contributed by atoms with Gasteiger partial charge in [-0.25, -0.2) is 9.97 Å². The SMILES string of the molecule is Cc1nccc(N[C@@H](C(C)C)C2(N)CC2)n1. The number of hydrogen-bond acceptors (Lipinski definition) is 4. The van der Waals surface area contributed by atoms with Crippen LogP contribution in [0.3, 0.4) is 0 Å². The minimum absolute atomic E-state index is 0.0347. The van der Waals surface area contributed by atoms with Gasteiger partial charge in [-0.1, -0.05) is 13.8 Å². The summed E-state index contributed by atoms with van der Waals surface area (Å²) in [7, 11) is 0. The van der Waals surface area contributed by atoms with Crippen molar-refractivity contribution in [3.63, 3.8) is 0 Å². The minimum Gasteiger partial charge on any atom is -0.365 e. The van der Waals surface area contributed by atoms with Gasteiger partial charge in [0.2, 0.25) is 0 Å². The van der Waals surface area contributed by atoms with Crippen molar-refractivity contribution < 1.29 is 0 Å². The van der Waals surface area contributed by atoms with Crippen LogP contribution in [0.1, 0.15) is 32.5 Å². The van der Waals surface area contributed by atoms with Crippen LogP contribution >= 0.6 is 0 Å². The summed E-state index contributed by atoms with van der Waals surface area (Å²) in [6.07, 6.45) is 3.98. The molecule has 0 aromatic carbocycles. The summed E-state index contributed by atoms with van der Waals surface area (Å²) in [4.78, 5) is 8.45. The summed E-state index contributed by atoms with van der Waals surface area (Å²) >= 11 is 0. The van der Waals surface area contributed by atoms with E-state index in [9.17, 15) is 0 Å². The topological polar surface area (TPSA) is 63.8 Å². The number of anilines is 1. The van der Waals surface area contributed by atoms with Crippen molar-refractivity contribution in [3.8, 4) is 0 Å². The quantitative estimate of drug-likeness (QED) is 0.811. The number of nitrogens with zero attached hydrogens (tertiary/aromatic N) is 2. The molecule has 1 aromatic heterocycles. The van der Waals surface area contributed by atoms with Crippen LogP contribution in [0.5, 0.6) is 0 Å². The van der Waals surface area contributed by atoms with E-state index >= 15 is 0 Å². The van der Waals surface area contributed by atoms with Crippen LogP contribution in [0.2, 0.25) is 0 Å². The standard InChI is InChI=1S/C12H20N4/c1-8(2)11(12(13)5-6-12)16-10-4-7-14-9(3)15-10/h4,7-8,11H,5-6,13H2,1-3H3,(H,14,15,16)/t11-/m0/s1. The van der Waals surface area contributed by atoms with Gasteiger partial charge in [0.1, 0.15) is 11.6 Å². The first-order valence-electron chi connectivity index (χ1n) is 5.86. The van der Waals surface area contributed by atoms with Crippen molar-refractivity contribution in [3.05, 3.63) is 18.1 Å². The average molecular weight is 220 g/mol. The van der Waals surface area contributed by atoms with Gasteiger partial charge in [-0.3, -0.25) is 0 Å². The number of aryl methyl sites for hydroxylation is 1. The molecule has 1 heterocycles. The van der Waals surface area contributed by atoms with Crippen LogP contribution < -0.4 is 11.1 Å². The molecular formula is C12H20N4. The zero-order valence-corrected chi connectivity index (χ0v) is 10.2. The van der Waals surface area contributed by atoms with Crippen LogP contribution in [0.15, 0.2) is 12.3 Å². The lowest BCUT2D eigenvalue weighted by molar-refractivity contribution is 0.427. The Morgan fingerprint density at radius 3 is 2.62 bits per heavy atom. The molecule has 0 radical (unpaired) electrons. The first kappa shape index (κ1) is 11.3. The number of nitrogens with two attached hydrogens (primary N) is 1. The highest BCUT2D eigenvalue weighted by molar-refractivity contribution is 5.37. The molecule has 0 bridgehead atoms. The predicted octanol–water partition coefficient (Wildman–Crippen LogP) is 1.71. The fraction of sp³-hybridized carbons (Fsp3) is 0.667. The van der Waals surface area contributed by atoms with Crippen LogP contribution in [0.25, 0.3) is 0 Å². The van der Waals surface area contributed by atoms with Gasteiger partial charge in [0, 0.05) is 17.8 Å². The van der Waals surface area contributed by atoms with Gasteiger partial charge >= 0.3 is 0 Å². The third-order valence-electron chi connectivity index (χ3n) is 3.19. The summed E-state index contributed by atoms with van der Waals surface area (Å²) in [6, 6.07) is 2.19. The van der Waals surface area contributed by atoms with E-state index in [4.69, 9.17) is 5.73 Å². The Morgan fingerprint density at radius 2 is 2.12 bits per heavy atom. The molecule has 16 heavy (non-hydrogen) atoms. The zero-order chi connectivity index (χ0) is 11.8. The van der Waals surface area contributed by atoms with Crippen LogP contribution in [0.4, 0.5) is 5.82 Å². The van der Waals surface area contributed by atoms with E-state index in [1.807, 2.05) is 13.0 Å². The molecule has 4 nitrogen and oxygen atoms in total. The third kappa shape index (κ3) is 2.32. The molecule has 1 atom stereocenters. The van der Waals surface area contributed by atoms with Gasteiger partial charge < -0.3 is 11.1 Å². The molecule has 0 unspecified atom stereocenters. The Labute approximate surface area is 96.7 Å². The normalized spacial score (nSPS) is 19.6. The largest absolute Gasteiger partial charge is 0.365 e. The summed E-state index contributed by atoms with van der Waals surface area (Å²) in [6.45, 7) is 6.28. The Morgan fingerprint density at radius 1 is 1.44 bits per heavy atom. The van der Waals surface area contributed by atoms with Crippen molar-refractivity contribution in [2.24, 2.45) is 11.7 Å². The van der Waals surface area contributed by atoms with Gasteiger partial charge in [-0.05, 0) is 31.7 Å². The maximum Gasteiger partial charge on any atom is 0.129 e. The van der Waals surface area contributed by atoms with Gasteiger partial charge in [0.15, 0.2) is 0 Å². The molecule has 4 heteroatoms. The molecule has 0 saturated heterocycles. The van der Waals surface area contributed by atoms with Gasteiger partial charge in [0.05, 0.1) is 0 Å². The first-order valence-corrected chi connectivity index (χ1v) is 5.86. The Kier molecular flexibility index (Phi) is 2.84. The van der Waals surface area contributed by atoms with Crippen LogP contribution in [-0.4, -0.2) is 21.5 Å². The van der Waals surface area contributed by atoms with Crippen molar-refractivity contribution in [1.82, 2.24) is 9.97 Å². The average Bonchev–Trinajstić information content (AvgIpc) is 2.93. The minimum atomic E-state index is -0.0347. The van der Waals surface area contributed by atoms with E-state index in [0.29, 0.717) is 12.0 Å². The summed E-state index contributed by atoms with van der Waals surface area (Å²) < 4.78 is 0. The molecule has 0 aliphatic heterocycles. The second-order valence-corrected chi connectivity index (χ2v) is 5.09. The van der Waals surface area contributed by atoms with E-state index in [2.05, 4.69) is 29.1 Å². The lowest BCUT2D eigenvalue weighted by Crippen LogP contribution is -2.46. The van der Waals surface area contributed by atoms with E-state index in [-0.39, 0.29) is 5.54 Å². The van der Waals surface area contributed by atoms with E-state index in [1.54, 1.807) is 6.20 Å². The van der Waals surface area contributed by atoms with Crippen molar-refractivity contribution >= 4 is 5.82 Å². The van der Waals surface area contributed by atoms with Crippen molar-refractivity contribution in [2.75, 3.05) is 5.32 Å². The molecule has 1 aliphatic carbocycles. The second-order valence-electron chi connectivity index (χ2n) is 5.09. The Bertz CT molecular complexity index is 371. The van der Waals surface area contributed by atoms with Gasteiger partial charge in [-0.15, -0.1) is 0 Å². The Balaban J connectivity index is 2.12. The third-order valence-corrected chi connectivity index (χ3v) is 3.19. The van der Waals surface area contributed by atoms with Gasteiger partial charge in [0.25, 0.3) is 0 Å². The Hall–Kier alpha value is -1.16. The summed E-state index contributed by atoms with van der Waals surface area (Å²) in [5.74, 6) is 2.17. The monoisotopic (exact) mass is 220 g/mol. The number of hydrogen-bond donors (Lipinski definition) is 2. The molecule has 2 rings (SSSR count). The molecule has 1 saturated carbocycles. The smallest absolute Gasteiger partial charge is 0.129 e. The zero-order valence-electron chi connectivity index (χ0n) is 10.2. The highest BCUT2D eigenvalue weighted by Gasteiger charge is 2.47. The lowest BCUT2D eigenvalue weighted by atomic mass is 9.95. The highest BCUT2D eigenvalue weighted by atomic mass is 15.1. The molecule has 1 aromatic rings. The molecule has 3 N–H and O–H groups in total. The molecule has 1 aliphatic rings. The molecule has 0 spiro atoms. The summed E-state index contributed by atoms with van der Waals surface area (Å²) in [5, 5.41) is 3.45. The molecular weight excluding hydrogens is 200 g/mol. The second kappa shape index (κ2) is 4.01. The van der Waals surface area contributed by atoms with E-state index < -0.39 is 0 Å². The van der Waals surface area contributed by atoms with Crippen molar-refractivity contribution in [1.29, 1.82) is 0 Å². The van der Waals surface area contributed by atoms with Crippen LogP contribution in [-0.2, 0) is 0 Å². The number of rotatable bonds is 4. The maximum atomic E-state index is 6.27. The van der Waals surface area contributed by atoms with E-state index in [0.717, 1.165) is 24.5 Å². The number of aromatic nitrogens is 2. The molecule has 1 fully saturated rings. The van der Waals surface area contributed by atoms with Crippen LogP contribution in [0, 0.1) is 12.8 Å². The highest BCUT2D eigenvalue weighted by Crippen LogP contribution is 2.39. The summed E-state index contributed by atoms with van der Waals surface area (Å²) in [5.41, 5.74) is 6.24. The fourth-order valence-electron chi connectivity index (χ4n) is 2.13. The lowest BCUT2D eigenvalue weighted by Gasteiger charge is -2.28. The van der Waals surface area contributed by atoms with Gasteiger partial charge in [-0.2, -0.15) is 0 Å². The predicted molar refractivity (Wildman–Crippen MR) is 65.2 cm³/mol. The number of nitrogens with one attached hydrogen (secondary N) is 1. The first-order chi connectivity index (χ1) is 7.51. The fourth-order valence-corrected chi connectivity index (χ4v) is 2.13. The van der Waals surface area contributed by atoms with E-state index in [1.165, 1.54) is 0 Å². The maximum absolute atomic E-state index is 6.27. The molecule has 88 valence electrons.